The Balaban J connectivity index is 1.40. The van der Waals surface area contributed by atoms with Crippen molar-refractivity contribution in [2.45, 2.75) is 17.7 Å². The fourth-order valence-corrected chi connectivity index (χ4v) is 6.04. The maximum absolute atomic E-state index is 12.8. The summed E-state index contributed by atoms with van der Waals surface area (Å²) >= 11 is 1.49. The number of nitriles is 1. The minimum atomic E-state index is -3.64. The fraction of sp³-hybridized carbons (Fsp3) is 0.286. The number of piperidine rings is 1. The maximum Gasteiger partial charge on any atom is 0.243 e. The number of sulfonamides is 1. The van der Waals surface area contributed by atoms with Crippen molar-refractivity contribution in [3.05, 3.63) is 58.9 Å². The van der Waals surface area contributed by atoms with Gasteiger partial charge in [0.25, 0.3) is 0 Å². The third-order valence-electron chi connectivity index (χ3n) is 5.42. The molecule has 3 aromatic rings. The molecule has 1 amide bonds. The molecule has 2 aromatic carbocycles. The van der Waals surface area contributed by atoms with Crippen molar-refractivity contribution in [2.24, 2.45) is 18.1 Å². The van der Waals surface area contributed by atoms with E-state index >= 15 is 0 Å². The van der Waals surface area contributed by atoms with Crippen LogP contribution in [0.4, 0.5) is 0 Å². The molecule has 1 saturated heterocycles. The number of aromatic nitrogens is 1. The molecule has 1 N–H and O–H groups in total. The van der Waals surface area contributed by atoms with E-state index in [9.17, 15) is 13.2 Å². The van der Waals surface area contributed by atoms with Crippen molar-refractivity contribution in [1.29, 1.82) is 5.26 Å². The number of nitrogens with zero attached hydrogens (tertiary/aromatic N) is 4. The first-order chi connectivity index (χ1) is 14.9. The Kier molecular flexibility index (Phi) is 5.91. The topological polar surface area (TPSA) is 108 Å². The van der Waals surface area contributed by atoms with Crippen LogP contribution in [0.1, 0.15) is 18.4 Å². The standard InChI is InChI=1S/C21H21N5O3S2/c1-25-18-4-2-3-5-19(18)30-21(25)24-23-20(27)16-10-12-26(13-11-16)31(28,29)17-8-6-15(14-22)7-9-17/h2-9,16H,10-13H2,1H3,(H,23,27). The summed E-state index contributed by atoms with van der Waals surface area (Å²) in [4.78, 5) is 13.4. The van der Waals surface area contributed by atoms with Gasteiger partial charge < -0.3 is 4.57 Å². The second-order valence-corrected chi connectivity index (χ2v) is 10.3. The number of hydrogen-bond acceptors (Lipinski definition) is 6. The molecule has 0 saturated carbocycles. The SMILES string of the molecule is Cn1c(=NNC(=O)C2CCN(S(=O)(=O)c3ccc(C#N)cc3)CC2)sc2ccccc21. The van der Waals surface area contributed by atoms with Gasteiger partial charge in [-0.15, -0.1) is 5.10 Å². The molecule has 0 bridgehead atoms. The number of carbonyl (C=O) groups is 1. The lowest BCUT2D eigenvalue weighted by atomic mass is 9.98. The van der Waals surface area contributed by atoms with E-state index in [4.69, 9.17) is 5.26 Å². The zero-order chi connectivity index (χ0) is 22.0. The first-order valence-corrected chi connectivity index (χ1v) is 12.0. The zero-order valence-electron chi connectivity index (χ0n) is 16.9. The van der Waals surface area contributed by atoms with E-state index < -0.39 is 10.0 Å². The number of thiazole rings is 1. The Morgan fingerprint density at radius 1 is 1.16 bits per heavy atom. The Morgan fingerprint density at radius 3 is 2.48 bits per heavy atom. The molecule has 2 heterocycles. The highest BCUT2D eigenvalue weighted by Gasteiger charge is 2.32. The monoisotopic (exact) mass is 455 g/mol. The van der Waals surface area contributed by atoms with Gasteiger partial charge in [-0.25, -0.2) is 13.8 Å². The molecule has 31 heavy (non-hydrogen) atoms. The first kappa shape index (κ1) is 21.2. The number of amides is 1. The summed E-state index contributed by atoms with van der Waals surface area (Å²) in [6, 6.07) is 15.8. The number of fused-ring (bicyclic) bond motifs is 1. The highest BCUT2D eigenvalue weighted by atomic mass is 32.2. The van der Waals surface area contributed by atoms with Gasteiger partial charge in [0.2, 0.25) is 20.7 Å². The number of aryl methyl sites for hydroxylation is 1. The maximum atomic E-state index is 12.8. The van der Waals surface area contributed by atoms with Crippen LogP contribution in [0, 0.1) is 17.2 Å². The van der Waals surface area contributed by atoms with E-state index in [1.165, 1.54) is 39.9 Å². The Bertz CT molecular complexity index is 1330. The Morgan fingerprint density at radius 2 is 1.84 bits per heavy atom. The normalized spacial score (nSPS) is 16.3. The van der Waals surface area contributed by atoms with E-state index in [-0.39, 0.29) is 29.8 Å². The lowest BCUT2D eigenvalue weighted by Gasteiger charge is -2.30. The molecule has 0 radical (unpaired) electrons. The van der Waals surface area contributed by atoms with Gasteiger partial charge in [-0.1, -0.05) is 23.5 Å². The van der Waals surface area contributed by atoms with Crippen molar-refractivity contribution in [1.82, 2.24) is 14.3 Å². The van der Waals surface area contributed by atoms with Gasteiger partial charge in [0, 0.05) is 26.1 Å². The van der Waals surface area contributed by atoms with Crippen LogP contribution in [0.25, 0.3) is 10.2 Å². The number of carbonyl (C=O) groups excluding carboxylic acids is 1. The summed E-state index contributed by atoms with van der Waals surface area (Å²) in [5.74, 6) is -0.497. The van der Waals surface area contributed by atoms with Crippen molar-refractivity contribution in [3.63, 3.8) is 0 Å². The highest BCUT2D eigenvalue weighted by Crippen LogP contribution is 2.24. The third kappa shape index (κ3) is 4.25. The second kappa shape index (κ2) is 8.63. The van der Waals surface area contributed by atoms with Gasteiger partial charge in [-0.05, 0) is 49.2 Å². The summed E-state index contributed by atoms with van der Waals surface area (Å²) in [5, 5.41) is 13.1. The fourth-order valence-electron chi connectivity index (χ4n) is 3.59. The van der Waals surface area contributed by atoms with Gasteiger partial charge in [0.15, 0.2) is 0 Å². The van der Waals surface area contributed by atoms with Crippen LogP contribution >= 0.6 is 11.3 Å². The predicted octanol–water partition coefficient (Wildman–Crippen LogP) is 2.14. The molecule has 1 aliphatic heterocycles. The van der Waals surface area contributed by atoms with Gasteiger partial charge in [-0.3, -0.25) is 4.79 Å². The first-order valence-electron chi connectivity index (χ1n) is 9.78. The van der Waals surface area contributed by atoms with Crippen LogP contribution in [-0.4, -0.2) is 36.3 Å². The van der Waals surface area contributed by atoms with Crippen molar-refractivity contribution in [2.75, 3.05) is 13.1 Å². The van der Waals surface area contributed by atoms with Gasteiger partial charge in [0.1, 0.15) is 0 Å². The minimum absolute atomic E-state index is 0.154. The molecular weight excluding hydrogens is 434 g/mol. The summed E-state index contributed by atoms with van der Waals surface area (Å²) in [6.45, 7) is 0.522. The second-order valence-electron chi connectivity index (χ2n) is 7.31. The molecule has 160 valence electrons. The summed E-state index contributed by atoms with van der Waals surface area (Å²) in [5.41, 5.74) is 4.10. The van der Waals surface area contributed by atoms with E-state index in [2.05, 4.69) is 10.5 Å². The van der Waals surface area contributed by atoms with Crippen LogP contribution in [-0.2, 0) is 21.9 Å². The van der Waals surface area contributed by atoms with Crippen LogP contribution in [0.2, 0.25) is 0 Å². The molecule has 0 atom stereocenters. The van der Waals surface area contributed by atoms with Crippen molar-refractivity contribution >= 4 is 37.5 Å². The molecule has 1 aromatic heterocycles. The number of rotatable bonds is 4. The van der Waals surface area contributed by atoms with Crippen LogP contribution < -0.4 is 10.2 Å². The molecule has 0 unspecified atom stereocenters. The Hall–Kier alpha value is -3.00. The smallest absolute Gasteiger partial charge is 0.243 e. The van der Waals surface area contributed by atoms with Crippen LogP contribution in [0.3, 0.4) is 0 Å². The molecule has 1 aliphatic rings. The van der Waals surface area contributed by atoms with Crippen LogP contribution in [0.5, 0.6) is 0 Å². The molecular formula is C21H21N5O3S2. The van der Waals surface area contributed by atoms with E-state index in [0.29, 0.717) is 23.2 Å². The number of hydrogen-bond donors (Lipinski definition) is 1. The molecule has 0 aliphatic carbocycles. The van der Waals surface area contributed by atoms with Crippen molar-refractivity contribution in [3.8, 4) is 6.07 Å². The minimum Gasteiger partial charge on any atom is -0.318 e. The van der Waals surface area contributed by atoms with Crippen LogP contribution in [0.15, 0.2) is 58.5 Å². The summed E-state index contributed by atoms with van der Waals surface area (Å²) in [7, 11) is -1.75. The molecule has 1 fully saturated rings. The third-order valence-corrected chi connectivity index (χ3v) is 8.45. The van der Waals surface area contributed by atoms with E-state index in [1.807, 2.05) is 41.9 Å². The summed E-state index contributed by atoms with van der Waals surface area (Å²) in [6.07, 6.45) is 0.852. The molecule has 0 spiro atoms. The quantitative estimate of drug-likeness (QED) is 0.608. The molecule has 4 rings (SSSR count). The molecule has 10 heteroatoms. The number of para-hydroxylation sites is 1. The summed E-state index contributed by atoms with van der Waals surface area (Å²) < 4.78 is 30.0. The average Bonchev–Trinajstić information content (AvgIpc) is 3.13. The predicted molar refractivity (Wildman–Crippen MR) is 117 cm³/mol. The molecule has 8 nitrogen and oxygen atoms in total. The lowest BCUT2D eigenvalue weighted by Crippen LogP contribution is -2.42. The van der Waals surface area contributed by atoms with Gasteiger partial charge >= 0.3 is 0 Å². The highest BCUT2D eigenvalue weighted by molar-refractivity contribution is 7.89. The van der Waals surface area contributed by atoms with E-state index in [1.54, 1.807) is 0 Å². The number of benzene rings is 2. The number of nitrogens with one attached hydrogen (secondary N) is 1. The average molecular weight is 456 g/mol. The largest absolute Gasteiger partial charge is 0.318 e. The lowest BCUT2D eigenvalue weighted by molar-refractivity contribution is -0.126. The van der Waals surface area contributed by atoms with Gasteiger partial charge in [0.05, 0.1) is 26.7 Å². The zero-order valence-corrected chi connectivity index (χ0v) is 18.5. The van der Waals surface area contributed by atoms with E-state index in [0.717, 1.165) is 10.2 Å². The Labute approximate surface area is 184 Å². The van der Waals surface area contributed by atoms with Gasteiger partial charge in [-0.2, -0.15) is 9.57 Å². The van der Waals surface area contributed by atoms with Crippen molar-refractivity contribution < 1.29 is 13.2 Å².